The zero-order chi connectivity index (χ0) is 13.8. The number of hydrogen-bond acceptors (Lipinski definition) is 3. The van der Waals surface area contributed by atoms with Crippen LogP contribution in [0.1, 0.15) is 12.8 Å². The van der Waals surface area contributed by atoms with E-state index >= 15 is 0 Å². The maximum absolute atomic E-state index is 13.7. The van der Waals surface area contributed by atoms with Crippen LogP contribution in [-0.4, -0.2) is 17.8 Å². The smallest absolute Gasteiger partial charge is 0.276 e. The minimum atomic E-state index is -1.30. The van der Waals surface area contributed by atoms with Crippen LogP contribution >= 0.6 is 0 Å². The molecule has 1 N–H and O–H groups in total. The summed E-state index contributed by atoms with van der Waals surface area (Å²) >= 11 is 0. The lowest BCUT2D eigenvalue weighted by Gasteiger charge is -2.30. The molecule has 3 rings (SSSR count). The summed E-state index contributed by atoms with van der Waals surface area (Å²) in [5.41, 5.74) is -1.77. The molecule has 2 fully saturated rings. The van der Waals surface area contributed by atoms with E-state index in [0.717, 1.165) is 12.1 Å². The Labute approximate surface area is 106 Å². The first-order valence-electron chi connectivity index (χ1n) is 5.61. The number of rotatable bonds is 1. The highest BCUT2D eigenvalue weighted by atomic mass is 19.2. The van der Waals surface area contributed by atoms with Gasteiger partial charge in [0.05, 0.1) is 5.69 Å². The number of amides is 4. The molecule has 2 aliphatic rings. The average molecular weight is 266 g/mol. The maximum atomic E-state index is 13.7. The number of carbonyl (C=O) groups excluding carboxylic acids is 3. The molecule has 5 nitrogen and oxygen atoms in total. The number of imide groups is 2. The van der Waals surface area contributed by atoms with E-state index in [4.69, 9.17) is 0 Å². The number of hydrogen-bond donors (Lipinski definition) is 1. The molecule has 0 radical (unpaired) electrons. The monoisotopic (exact) mass is 266 g/mol. The first kappa shape index (κ1) is 11.8. The molecule has 98 valence electrons. The Bertz CT molecular complexity index is 625. The Kier molecular flexibility index (Phi) is 2.23. The van der Waals surface area contributed by atoms with Crippen LogP contribution in [0.15, 0.2) is 18.2 Å². The number of carbonyl (C=O) groups is 3. The molecule has 1 saturated carbocycles. The lowest BCUT2D eigenvalue weighted by Crippen LogP contribution is -2.59. The molecule has 1 heterocycles. The van der Waals surface area contributed by atoms with E-state index < -0.39 is 40.6 Å². The second-order valence-corrected chi connectivity index (χ2v) is 4.55. The summed E-state index contributed by atoms with van der Waals surface area (Å²) < 4.78 is 26.8. The Hall–Kier alpha value is -2.31. The van der Waals surface area contributed by atoms with Gasteiger partial charge in [-0.2, -0.15) is 0 Å². The van der Waals surface area contributed by atoms with Gasteiger partial charge in [0, 0.05) is 0 Å². The first-order chi connectivity index (χ1) is 8.97. The number of anilines is 1. The Morgan fingerprint density at radius 2 is 1.84 bits per heavy atom. The third-order valence-corrected chi connectivity index (χ3v) is 3.39. The fourth-order valence-electron chi connectivity index (χ4n) is 2.13. The molecule has 1 aliphatic carbocycles. The van der Waals surface area contributed by atoms with Gasteiger partial charge in [-0.15, -0.1) is 0 Å². The minimum absolute atomic E-state index is 0.304. The predicted octanol–water partition coefficient (Wildman–Crippen LogP) is 1.33. The highest BCUT2D eigenvalue weighted by molar-refractivity contribution is 6.31. The number of nitrogens with one attached hydrogen (secondary N) is 1. The van der Waals surface area contributed by atoms with Gasteiger partial charge in [-0.25, -0.2) is 18.5 Å². The normalized spacial score (nSPS) is 20.7. The van der Waals surface area contributed by atoms with Crippen molar-refractivity contribution in [2.45, 2.75) is 12.8 Å². The SMILES string of the molecule is O=C1NC(=O)C2(CC2)C(=O)N1c1cccc(F)c1F. The summed E-state index contributed by atoms with van der Waals surface area (Å²) in [7, 11) is 0. The van der Waals surface area contributed by atoms with Crippen molar-refractivity contribution < 1.29 is 23.2 Å². The molecule has 1 saturated heterocycles. The van der Waals surface area contributed by atoms with Gasteiger partial charge >= 0.3 is 6.03 Å². The lowest BCUT2D eigenvalue weighted by atomic mass is 10.0. The van der Waals surface area contributed by atoms with Crippen LogP contribution < -0.4 is 10.2 Å². The van der Waals surface area contributed by atoms with Crippen LogP contribution in [-0.2, 0) is 9.59 Å². The van der Waals surface area contributed by atoms with Crippen LogP contribution in [0.3, 0.4) is 0 Å². The second kappa shape index (κ2) is 3.59. The number of barbiturate groups is 1. The third-order valence-electron chi connectivity index (χ3n) is 3.39. The van der Waals surface area contributed by atoms with E-state index in [1.165, 1.54) is 6.07 Å². The third kappa shape index (κ3) is 1.47. The summed E-state index contributed by atoms with van der Waals surface area (Å²) in [6.07, 6.45) is 0.608. The summed E-state index contributed by atoms with van der Waals surface area (Å²) in [6, 6.07) is 2.12. The molecule has 0 atom stereocenters. The van der Waals surface area contributed by atoms with Gasteiger partial charge in [0.15, 0.2) is 11.6 Å². The summed E-state index contributed by atoms with van der Waals surface area (Å²) in [5, 5.41) is 2.00. The molecule has 19 heavy (non-hydrogen) atoms. The van der Waals surface area contributed by atoms with E-state index in [9.17, 15) is 23.2 Å². The first-order valence-corrected chi connectivity index (χ1v) is 5.61. The zero-order valence-corrected chi connectivity index (χ0v) is 9.57. The van der Waals surface area contributed by atoms with E-state index in [1.54, 1.807) is 0 Å². The van der Waals surface area contributed by atoms with Gasteiger partial charge in [0.1, 0.15) is 5.41 Å². The minimum Gasteiger partial charge on any atom is -0.276 e. The van der Waals surface area contributed by atoms with Crippen LogP contribution in [0.2, 0.25) is 0 Å². The summed E-state index contributed by atoms with van der Waals surface area (Å²) in [6.45, 7) is 0. The van der Waals surface area contributed by atoms with Crippen molar-refractivity contribution in [3.8, 4) is 0 Å². The molecule has 0 aromatic heterocycles. The quantitative estimate of drug-likeness (QED) is 0.780. The standard InChI is InChI=1S/C12H8F2N2O3/c13-6-2-1-3-7(8(6)14)16-10(18)12(4-5-12)9(17)15-11(16)19/h1-3H,4-5H2,(H,15,17,19). The summed E-state index contributed by atoms with van der Waals surface area (Å²) in [4.78, 5) is 35.9. The van der Waals surface area contributed by atoms with Crippen molar-refractivity contribution in [2.75, 3.05) is 4.90 Å². The number of halogens is 2. The van der Waals surface area contributed by atoms with Crippen molar-refractivity contribution in [3.63, 3.8) is 0 Å². The van der Waals surface area contributed by atoms with Gasteiger partial charge in [-0.05, 0) is 25.0 Å². The fraction of sp³-hybridized carbons (Fsp3) is 0.250. The molecular formula is C12H8F2N2O3. The van der Waals surface area contributed by atoms with E-state index in [2.05, 4.69) is 0 Å². The van der Waals surface area contributed by atoms with Gasteiger partial charge in [-0.1, -0.05) is 6.07 Å². The average Bonchev–Trinajstić information content (AvgIpc) is 3.14. The number of nitrogens with zero attached hydrogens (tertiary/aromatic N) is 1. The predicted molar refractivity (Wildman–Crippen MR) is 59.0 cm³/mol. The molecule has 1 aromatic rings. The molecule has 0 bridgehead atoms. The maximum Gasteiger partial charge on any atom is 0.335 e. The van der Waals surface area contributed by atoms with Crippen molar-refractivity contribution in [1.29, 1.82) is 0 Å². The molecule has 7 heteroatoms. The Morgan fingerprint density at radius 1 is 1.16 bits per heavy atom. The van der Waals surface area contributed by atoms with Gasteiger partial charge < -0.3 is 0 Å². The molecule has 0 unspecified atom stereocenters. The summed E-state index contributed by atoms with van der Waals surface area (Å²) in [5.74, 6) is -3.93. The van der Waals surface area contributed by atoms with Crippen molar-refractivity contribution in [3.05, 3.63) is 29.8 Å². The van der Waals surface area contributed by atoms with Crippen LogP contribution in [0, 0.1) is 17.0 Å². The van der Waals surface area contributed by atoms with Crippen molar-refractivity contribution >= 4 is 23.5 Å². The molecular weight excluding hydrogens is 258 g/mol. The molecule has 1 aliphatic heterocycles. The molecule has 1 spiro atoms. The highest BCUT2D eigenvalue weighted by Gasteiger charge is 2.62. The highest BCUT2D eigenvalue weighted by Crippen LogP contribution is 2.49. The van der Waals surface area contributed by atoms with Gasteiger partial charge in [0.25, 0.3) is 5.91 Å². The fourth-order valence-corrected chi connectivity index (χ4v) is 2.13. The van der Waals surface area contributed by atoms with Crippen LogP contribution in [0.25, 0.3) is 0 Å². The van der Waals surface area contributed by atoms with Gasteiger partial charge in [0.2, 0.25) is 5.91 Å². The molecule has 4 amide bonds. The van der Waals surface area contributed by atoms with Gasteiger partial charge in [-0.3, -0.25) is 14.9 Å². The van der Waals surface area contributed by atoms with Crippen molar-refractivity contribution in [1.82, 2.24) is 5.32 Å². The topological polar surface area (TPSA) is 66.5 Å². The molecule has 1 aromatic carbocycles. The largest absolute Gasteiger partial charge is 0.335 e. The van der Waals surface area contributed by atoms with Crippen LogP contribution in [0.5, 0.6) is 0 Å². The Balaban J connectivity index is 2.09. The second-order valence-electron chi connectivity index (χ2n) is 4.55. The lowest BCUT2D eigenvalue weighted by molar-refractivity contribution is -0.136. The van der Waals surface area contributed by atoms with Crippen molar-refractivity contribution in [2.24, 2.45) is 5.41 Å². The van der Waals surface area contributed by atoms with E-state index in [1.807, 2.05) is 5.32 Å². The van der Waals surface area contributed by atoms with E-state index in [0.29, 0.717) is 17.7 Å². The number of benzene rings is 1. The zero-order valence-electron chi connectivity index (χ0n) is 9.57. The van der Waals surface area contributed by atoms with Crippen LogP contribution in [0.4, 0.5) is 19.3 Å². The Morgan fingerprint density at radius 3 is 2.47 bits per heavy atom. The van der Waals surface area contributed by atoms with E-state index in [-0.39, 0.29) is 0 Å². The number of urea groups is 1.